The van der Waals surface area contributed by atoms with Crippen molar-refractivity contribution in [1.29, 1.82) is 0 Å². The molecule has 0 saturated heterocycles. The van der Waals surface area contributed by atoms with Crippen molar-refractivity contribution in [2.24, 2.45) is 0 Å². The molecule has 6 heteroatoms. The van der Waals surface area contributed by atoms with Crippen molar-refractivity contribution >= 4 is 17.9 Å². The number of rotatable bonds is 64. The molecule has 0 amide bonds. The zero-order chi connectivity index (χ0) is 55.7. The van der Waals surface area contributed by atoms with E-state index in [1.807, 2.05) is 0 Å². The maximum absolute atomic E-state index is 12.8. The molecular weight excluding hydrogens is 949 g/mol. The molecule has 0 aliphatic carbocycles. The van der Waals surface area contributed by atoms with Gasteiger partial charge in [0.25, 0.3) is 0 Å². The number of hydrogen-bond acceptors (Lipinski definition) is 6. The molecule has 1 unspecified atom stereocenters. The fourth-order valence-electron chi connectivity index (χ4n) is 10.5. The van der Waals surface area contributed by atoms with Crippen LogP contribution in [0.2, 0.25) is 0 Å². The maximum atomic E-state index is 12.8. The van der Waals surface area contributed by atoms with Crippen LogP contribution in [0, 0.1) is 0 Å². The lowest BCUT2D eigenvalue weighted by Gasteiger charge is -2.18. The summed E-state index contributed by atoms with van der Waals surface area (Å²) in [6.45, 7) is 6.59. The van der Waals surface area contributed by atoms with Crippen molar-refractivity contribution in [3.05, 3.63) is 36.5 Å². The molecule has 0 aliphatic heterocycles. The highest BCUT2D eigenvalue weighted by Crippen LogP contribution is 2.18. The monoisotopic (exact) mass is 1080 g/mol. The number of esters is 3. The van der Waals surface area contributed by atoms with Crippen molar-refractivity contribution in [3.8, 4) is 0 Å². The lowest BCUT2D eigenvalue weighted by atomic mass is 10.0. The van der Waals surface area contributed by atoms with Crippen molar-refractivity contribution in [2.75, 3.05) is 13.2 Å². The van der Waals surface area contributed by atoms with E-state index in [0.29, 0.717) is 19.3 Å². The number of hydrogen-bond donors (Lipinski definition) is 0. The number of ether oxygens (including phenoxy) is 3. The topological polar surface area (TPSA) is 78.9 Å². The second-order valence-corrected chi connectivity index (χ2v) is 23.5. The summed E-state index contributed by atoms with van der Waals surface area (Å²) in [5.74, 6) is -0.880. The summed E-state index contributed by atoms with van der Waals surface area (Å²) >= 11 is 0. The van der Waals surface area contributed by atoms with E-state index in [-0.39, 0.29) is 31.1 Å². The van der Waals surface area contributed by atoms with Crippen LogP contribution in [-0.4, -0.2) is 37.2 Å². The zero-order valence-electron chi connectivity index (χ0n) is 52.0. The van der Waals surface area contributed by atoms with E-state index in [1.54, 1.807) is 0 Å². The van der Waals surface area contributed by atoms with E-state index in [0.717, 1.165) is 83.5 Å². The SMILES string of the molecule is CCCCCCC/C=C\C/C=C\C/C=C\CCCCCCCCC(=O)OC(COC(=O)CCCCCCC)COC(=O)CCCCCCCCCCCCCCCCCCCCCCCCCCCCCCCCCCC. The molecule has 0 bridgehead atoms. The first-order valence-electron chi connectivity index (χ1n) is 34.5. The molecule has 0 aromatic heterocycles. The van der Waals surface area contributed by atoms with E-state index in [9.17, 15) is 14.4 Å². The van der Waals surface area contributed by atoms with Gasteiger partial charge in [0.05, 0.1) is 0 Å². The van der Waals surface area contributed by atoms with E-state index in [4.69, 9.17) is 14.2 Å². The van der Waals surface area contributed by atoms with Gasteiger partial charge in [0, 0.05) is 19.3 Å². The normalized spacial score (nSPS) is 12.2. The van der Waals surface area contributed by atoms with Crippen molar-refractivity contribution in [3.63, 3.8) is 0 Å². The lowest BCUT2D eigenvalue weighted by molar-refractivity contribution is -0.167. The van der Waals surface area contributed by atoms with Gasteiger partial charge in [0.1, 0.15) is 13.2 Å². The Morgan fingerprint density at radius 3 is 0.727 bits per heavy atom. The van der Waals surface area contributed by atoms with Crippen molar-refractivity contribution in [2.45, 2.75) is 386 Å². The summed E-state index contributed by atoms with van der Waals surface area (Å²) in [7, 11) is 0. The van der Waals surface area contributed by atoms with Crippen LogP contribution in [-0.2, 0) is 28.6 Å². The van der Waals surface area contributed by atoms with Crippen molar-refractivity contribution < 1.29 is 28.6 Å². The summed E-state index contributed by atoms with van der Waals surface area (Å²) in [4.78, 5) is 37.9. The van der Waals surface area contributed by atoms with Crippen LogP contribution < -0.4 is 0 Å². The molecule has 0 saturated carbocycles. The molecule has 0 radical (unpaired) electrons. The maximum Gasteiger partial charge on any atom is 0.306 e. The summed E-state index contributed by atoms with van der Waals surface area (Å²) < 4.78 is 16.8. The molecule has 0 fully saturated rings. The molecule has 0 rings (SSSR count). The van der Waals surface area contributed by atoms with Gasteiger partial charge in [-0.25, -0.2) is 0 Å². The highest BCUT2D eigenvalue weighted by molar-refractivity contribution is 5.71. The highest BCUT2D eigenvalue weighted by atomic mass is 16.6. The van der Waals surface area contributed by atoms with Crippen LogP contribution in [0.1, 0.15) is 380 Å². The van der Waals surface area contributed by atoms with Crippen LogP contribution in [0.3, 0.4) is 0 Å². The van der Waals surface area contributed by atoms with Crippen LogP contribution in [0.5, 0.6) is 0 Å². The number of carbonyl (C=O) groups excluding carboxylic acids is 3. The molecule has 0 aromatic rings. The first kappa shape index (κ1) is 74.6. The van der Waals surface area contributed by atoms with Crippen LogP contribution in [0.4, 0.5) is 0 Å². The first-order valence-corrected chi connectivity index (χ1v) is 34.5. The Hall–Kier alpha value is -2.37. The molecule has 0 spiro atoms. The minimum absolute atomic E-state index is 0.0740. The van der Waals surface area contributed by atoms with E-state index in [1.165, 1.54) is 257 Å². The summed E-state index contributed by atoms with van der Waals surface area (Å²) in [5, 5.41) is 0. The quantitative estimate of drug-likeness (QED) is 0.0261. The Morgan fingerprint density at radius 1 is 0.260 bits per heavy atom. The first-order chi connectivity index (χ1) is 38.0. The molecule has 1 atom stereocenters. The van der Waals surface area contributed by atoms with Gasteiger partial charge in [-0.2, -0.15) is 0 Å². The summed E-state index contributed by atoms with van der Waals surface area (Å²) in [6.07, 6.45) is 82.4. The molecule has 0 heterocycles. The van der Waals surface area contributed by atoms with Gasteiger partial charge in [0.15, 0.2) is 6.10 Å². The number of unbranched alkanes of at least 4 members (excludes halogenated alkanes) is 47. The third kappa shape index (κ3) is 64.3. The molecule has 77 heavy (non-hydrogen) atoms. The van der Waals surface area contributed by atoms with Crippen molar-refractivity contribution in [1.82, 2.24) is 0 Å². The van der Waals surface area contributed by atoms with Gasteiger partial charge in [-0.05, 0) is 57.8 Å². The minimum atomic E-state index is -0.774. The third-order valence-corrected chi connectivity index (χ3v) is 15.6. The predicted molar refractivity (Wildman–Crippen MR) is 335 cm³/mol. The van der Waals surface area contributed by atoms with Gasteiger partial charge in [0.2, 0.25) is 0 Å². The standard InChI is InChI=1S/C71H132O6/c1-4-7-10-13-15-17-19-21-23-25-27-29-30-31-32-33-34-35-36-37-38-39-40-42-43-45-47-49-51-53-55-58-61-64-70(73)76-67-68(66-75-69(72)63-60-57-12-9-6-3)77-71(74)65-62-59-56-54-52-50-48-46-44-41-28-26-24-22-20-18-16-14-11-8-5-2/h20,22,26,28,44,46,68H,4-19,21,23-25,27,29-43,45,47-67H2,1-3H3/b22-20-,28-26-,46-44-. The number of allylic oxidation sites excluding steroid dienone is 6. The second-order valence-electron chi connectivity index (χ2n) is 23.5. The zero-order valence-corrected chi connectivity index (χ0v) is 52.0. The molecule has 0 aromatic carbocycles. The van der Waals surface area contributed by atoms with E-state index >= 15 is 0 Å². The average Bonchev–Trinajstić information content (AvgIpc) is 3.43. The molecule has 452 valence electrons. The van der Waals surface area contributed by atoms with Crippen LogP contribution >= 0.6 is 0 Å². The third-order valence-electron chi connectivity index (χ3n) is 15.6. The summed E-state index contributed by atoms with van der Waals surface area (Å²) in [6, 6.07) is 0. The molecule has 0 aliphatic rings. The Morgan fingerprint density at radius 2 is 0.468 bits per heavy atom. The van der Waals surface area contributed by atoms with Crippen LogP contribution in [0.15, 0.2) is 36.5 Å². The Balaban J connectivity index is 3.91. The van der Waals surface area contributed by atoms with Gasteiger partial charge in [-0.1, -0.05) is 340 Å². The Kier molecular flexibility index (Phi) is 64.1. The fraction of sp³-hybridized carbons (Fsp3) is 0.873. The summed E-state index contributed by atoms with van der Waals surface area (Å²) in [5.41, 5.74) is 0. The van der Waals surface area contributed by atoms with E-state index in [2.05, 4.69) is 57.2 Å². The van der Waals surface area contributed by atoms with Gasteiger partial charge >= 0.3 is 17.9 Å². The second kappa shape index (κ2) is 66.1. The highest BCUT2D eigenvalue weighted by Gasteiger charge is 2.19. The predicted octanol–water partition coefficient (Wildman–Crippen LogP) is 23.6. The van der Waals surface area contributed by atoms with Gasteiger partial charge < -0.3 is 14.2 Å². The van der Waals surface area contributed by atoms with Crippen LogP contribution in [0.25, 0.3) is 0 Å². The minimum Gasteiger partial charge on any atom is -0.462 e. The molecule has 6 nitrogen and oxygen atoms in total. The largest absolute Gasteiger partial charge is 0.462 e. The average molecular weight is 1080 g/mol. The Labute approximate surface area is 480 Å². The van der Waals surface area contributed by atoms with Gasteiger partial charge in [-0.3, -0.25) is 14.4 Å². The number of carbonyl (C=O) groups is 3. The molecular formula is C71H132O6. The lowest BCUT2D eigenvalue weighted by Crippen LogP contribution is -2.30. The molecule has 0 N–H and O–H groups in total. The van der Waals surface area contributed by atoms with Gasteiger partial charge in [-0.15, -0.1) is 0 Å². The Bertz CT molecular complexity index is 1290. The fourth-order valence-corrected chi connectivity index (χ4v) is 10.5. The smallest absolute Gasteiger partial charge is 0.306 e. The van der Waals surface area contributed by atoms with E-state index < -0.39 is 6.10 Å².